The standard InChI is InChI=1S/C21H33N3O4/c1-16-11-12-23(17-9-7-8-10-18(17)27-6)13-14-24(16)19(25)15-22(5)20(26)28-21(2,3)4/h7-10,16H,11-15H2,1-6H3. The van der Waals surface area contributed by atoms with Crippen LogP contribution >= 0.6 is 0 Å². The van der Waals surface area contributed by atoms with Gasteiger partial charge in [-0.25, -0.2) is 4.79 Å². The summed E-state index contributed by atoms with van der Waals surface area (Å²) >= 11 is 0. The molecule has 7 nitrogen and oxygen atoms in total. The van der Waals surface area contributed by atoms with Gasteiger partial charge < -0.3 is 24.2 Å². The number of nitrogens with zero attached hydrogens (tertiary/aromatic N) is 3. The van der Waals surface area contributed by atoms with Crippen LogP contribution in [-0.2, 0) is 9.53 Å². The van der Waals surface area contributed by atoms with Crippen molar-refractivity contribution in [2.75, 3.05) is 45.2 Å². The third kappa shape index (κ3) is 5.78. The normalized spacial score (nSPS) is 17.7. The Kier molecular flexibility index (Phi) is 7.16. The highest BCUT2D eigenvalue weighted by Crippen LogP contribution is 2.29. The summed E-state index contributed by atoms with van der Waals surface area (Å²) in [4.78, 5) is 30.4. The number of likely N-dealkylation sites (N-methyl/N-ethyl adjacent to an activating group) is 1. The monoisotopic (exact) mass is 391 g/mol. The van der Waals surface area contributed by atoms with E-state index in [1.54, 1.807) is 14.2 Å². The zero-order valence-electron chi connectivity index (χ0n) is 17.9. The van der Waals surface area contributed by atoms with Gasteiger partial charge in [-0.05, 0) is 46.2 Å². The van der Waals surface area contributed by atoms with Gasteiger partial charge in [0.2, 0.25) is 5.91 Å². The number of benzene rings is 1. The van der Waals surface area contributed by atoms with Crippen molar-refractivity contribution in [3.8, 4) is 5.75 Å². The molecule has 0 spiro atoms. The third-order valence-corrected chi connectivity index (χ3v) is 4.78. The molecule has 7 heteroatoms. The topological polar surface area (TPSA) is 62.3 Å². The molecule has 156 valence electrons. The SMILES string of the molecule is COc1ccccc1N1CCC(C)N(C(=O)CN(C)C(=O)OC(C)(C)C)CC1. The van der Waals surface area contributed by atoms with Crippen LogP contribution < -0.4 is 9.64 Å². The van der Waals surface area contributed by atoms with Gasteiger partial charge in [-0.2, -0.15) is 0 Å². The van der Waals surface area contributed by atoms with E-state index in [4.69, 9.17) is 9.47 Å². The van der Waals surface area contributed by atoms with Gasteiger partial charge in [0.05, 0.1) is 12.8 Å². The molecule has 2 rings (SSSR count). The largest absolute Gasteiger partial charge is 0.495 e. The molecule has 1 unspecified atom stereocenters. The van der Waals surface area contributed by atoms with Gasteiger partial charge in [0, 0.05) is 32.7 Å². The van der Waals surface area contributed by atoms with Crippen LogP contribution in [0.25, 0.3) is 0 Å². The van der Waals surface area contributed by atoms with E-state index < -0.39 is 11.7 Å². The first-order valence-corrected chi connectivity index (χ1v) is 9.74. The number of methoxy groups -OCH3 is 1. The number of ether oxygens (including phenoxy) is 2. The highest BCUT2D eigenvalue weighted by Gasteiger charge is 2.28. The van der Waals surface area contributed by atoms with Gasteiger partial charge in [-0.3, -0.25) is 4.79 Å². The van der Waals surface area contributed by atoms with Crippen LogP contribution in [0.15, 0.2) is 24.3 Å². The number of para-hydroxylation sites is 2. The predicted molar refractivity (Wildman–Crippen MR) is 110 cm³/mol. The maximum atomic E-state index is 12.8. The first kappa shape index (κ1) is 21.9. The summed E-state index contributed by atoms with van der Waals surface area (Å²) in [5.41, 5.74) is 0.455. The van der Waals surface area contributed by atoms with Crippen LogP contribution in [0.5, 0.6) is 5.75 Å². The van der Waals surface area contributed by atoms with Gasteiger partial charge in [-0.1, -0.05) is 12.1 Å². The minimum Gasteiger partial charge on any atom is -0.495 e. The molecular formula is C21H33N3O4. The second-order valence-electron chi connectivity index (χ2n) is 8.22. The molecule has 1 aliphatic rings. The molecule has 0 aliphatic carbocycles. The summed E-state index contributed by atoms with van der Waals surface area (Å²) in [6.07, 6.45) is 0.360. The highest BCUT2D eigenvalue weighted by molar-refractivity contribution is 5.82. The van der Waals surface area contributed by atoms with E-state index in [-0.39, 0.29) is 18.5 Å². The first-order valence-electron chi connectivity index (χ1n) is 9.74. The van der Waals surface area contributed by atoms with Crippen molar-refractivity contribution in [1.29, 1.82) is 0 Å². The van der Waals surface area contributed by atoms with E-state index in [0.29, 0.717) is 13.1 Å². The summed E-state index contributed by atoms with van der Waals surface area (Å²) in [7, 11) is 3.26. The number of anilines is 1. The molecule has 1 aliphatic heterocycles. The Balaban J connectivity index is 2.01. The van der Waals surface area contributed by atoms with Crippen LogP contribution in [0.4, 0.5) is 10.5 Å². The van der Waals surface area contributed by atoms with Crippen molar-refractivity contribution < 1.29 is 19.1 Å². The van der Waals surface area contributed by atoms with Gasteiger partial charge in [-0.15, -0.1) is 0 Å². The molecule has 28 heavy (non-hydrogen) atoms. The molecule has 1 aromatic rings. The molecule has 0 bridgehead atoms. The van der Waals surface area contributed by atoms with E-state index in [1.165, 1.54) is 4.90 Å². The van der Waals surface area contributed by atoms with Gasteiger partial charge >= 0.3 is 6.09 Å². The van der Waals surface area contributed by atoms with Crippen LogP contribution in [-0.4, -0.2) is 73.8 Å². The Bertz CT molecular complexity index is 686. The predicted octanol–water partition coefficient (Wildman–Crippen LogP) is 2.99. The maximum Gasteiger partial charge on any atom is 0.410 e. The minimum absolute atomic E-state index is 0.00785. The number of carbonyl (C=O) groups is 2. The molecule has 1 saturated heterocycles. The lowest BCUT2D eigenvalue weighted by Crippen LogP contribution is -2.46. The Labute approximate surface area is 168 Å². The van der Waals surface area contributed by atoms with Crippen molar-refractivity contribution in [3.05, 3.63) is 24.3 Å². The second-order valence-corrected chi connectivity index (χ2v) is 8.22. The zero-order chi connectivity index (χ0) is 20.9. The number of hydrogen-bond donors (Lipinski definition) is 0. The lowest BCUT2D eigenvalue weighted by atomic mass is 10.2. The van der Waals surface area contributed by atoms with Crippen molar-refractivity contribution in [1.82, 2.24) is 9.80 Å². The molecular weight excluding hydrogens is 358 g/mol. The fraction of sp³-hybridized carbons (Fsp3) is 0.619. The van der Waals surface area contributed by atoms with E-state index in [1.807, 2.05) is 49.9 Å². The summed E-state index contributed by atoms with van der Waals surface area (Å²) in [6.45, 7) is 9.64. The number of amides is 2. The molecule has 1 aromatic carbocycles. The fourth-order valence-electron chi connectivity index (χ4n) is 3.26. The van der Waals surface area contributed by atoms with Crippen LogP contribution in [0.3, 0.4) is 0 Å². The molecule has 1 heterocycles. The molecule has 0 radical (unpaired) electrons. The van der Waals surface area contributed by atoms with Crippen LogP contribution in [0, 0.1) is 0 Å². The highest BCUT2D eigenvalue weighted by atomic mass is 16.6. The molecule has 1 fully saturated rings. The van der Waals surface area contributed by atoms with Crippen LogP contribution in [0.1, 0.15) is 34.1 Å². The van der Waals surface area contributed by atoms with E-state index in [2.05, 4.69) is 11.8 Å². The molecule has 1 atom stereocenters. The Morgan fingerprint density at radius 2 is 1.86 bits per heavy atom. The smallest absolute Gasteiger partial charge is 0.410 e. The summed E-state index contributed by atoms with van der Waals surface area (Å²) in [6, 6.07) is 8.02. The Morgan fingerprint density at radius 3 is 2.50 bits per heavy atom. The second kappa shape index (κ2) is 9.17. The summed E-state index contributed by atoms with van der Waals surface area (Å²) in [5.74, 6) is 0.766. The average molecular weight is 392 g/mol. The Hall–Kier alpha value is -2.44. The van der Waals surface area contributed by atoms with Crippen molar-refractivity contribution in [3.63, 3.8) is 0 Å². The minimum atomic E-state index is -0.584. The van der Waals surface area contributed by atoms with E-state index in [0.717, 1.165) is 24.4 Å². The van der Waals surface area contributed by atoms with Gasteiger partial charge in [0.1, 0.15) is 17.9 Å². The number of carbonyl (C=O) groups excluding carboxylic acids is 2. The van der Waals surface area contributed by atoms with Crippen LogP contribution in [0.2, 0.25) is 0 Å². The summed E-state index contributed by atoms with van der Waals surface area (Å²) in [5, 5.41) is 0. The van der Waals surface area contributed by atoms with E-state index in [9.17, 15) is 9.59 Å². The molecule has 2 amide bonds. The van der Waals surface area contributed by atoms with E-state index >= 15 is 0 Å². The first-order chi connectivity index (χ1) is 13.1. The molecule has 0 saturated carbocycles. The van der Waals surface area contributed by atoms with Gasteiger partial charge in [0.25, 0.3) is 0 Å². The number of hydrogen-bond acceptors (Lipinski definition) is 5. The van der Waals surface area contributed by atoms with Crippen molar-refractivity contribution in [2.45, 2.75) is 45.8 Å². The lowest BCUT2D eigenvalue weighted by Gasteiger charge is -2.30. The average Bonchev–Trinajstić information content (AvgIpc) is 2.81. The Morgan fingerprint density at radius 1 is 1.18 bits per heavy atom. The quantitative estimate of drug-likeness (QED) is 0.790. The van der Waals surface area contributed by atoms with Crippen molar-refractivity contribution in [2.24, 2.45) is 0 Å². The zero-order valence-corrected chi connectivity index (χ0v) is 17.9. The maximum absolute atomic E-state index is 12.8. The molecule has 0 aromatic heterocycles. The third-order valence-electron chi connectivity index (χ3n) is 4.78. The number of rotatable bonds is 4. The van der Waals surface area contributed by atoms with Gasteiger partial charge in [0.15, 0.2) is 0 Å². The summed E-state index contributed by atoms with van der Waals surface area (Å²) < 4.78 is 10.8. The lowest BCUT2D eigenvalue weighted by molar-refractivity contribution is -0.133. The molecule has 0 N–H and O–H groups in total. The fourth-order valence-corrected chi connectivity index (χ4v) is 3.26. The van der Waals surface area contributed by atoms with Crippen molar-refractivity contribution >= 4 is 17.7 Å².